The lowest BCUT2D eigenvalue weighted by Crippen LogP contribution is -2.04. The number of furan rings is 1. The van der Waals surface area contributed by atoms with Gasteiger partial charge >= 0.3 is 0 Å². The summed E-state index contributed by atoms with van der Waals surface area (Å²) in [5.74, 6) is 0.807. The van der Waals surface area contributed by atoms with Gasteiger partial charge in [0, 0.05) is 37.9 Å². The first-order valence-corrected chi connectivity index (χ1v) is 14.8. The largest absolute Gasteiger partial charge is 0.455 e. The summed E-state index contributed by atoms with van der Waals surface area (Å²) in [5, 5.41) is 9.07. The van der Waals surface area contributed by atoms with Crippen LogP contribution in [0.5, 0.6) is 0 Å². The predicted molar refractivity (Wildman–Crippen MR) is 182 cm³/mol. The maximum Gasteiger partial charge on any atom is 0.165 e. The maximum absolute atomic E-state index is 6.59. The number of aromatic nitrogens is 3. The number of fused-ring (bicyclic) bond motifs is 12. The van der Waals surface area contributed by atoms with Crippen LogP contribution in [0.15, 0.2) is 144 Å². The number of rotatable bonds is 2. The fourth-order valence-electron chi connectivity index (χ4n) is 7.00. The van der Waals surface area contributed by atoms with Crippen molar-refractivity contribution in [1.29, 1.82) is 0 Å². The van der Waals surface area contributed by atoms with Gasteiger partial charge in [-0.15, -0.1) is 0 Å². The Labute approximate surface area is 251 Å². The van der Waals surface area contributed by atoms with Crippen molar-refractivity contribution in [1.82, 2.24) is 14.5 Å². The monoisotopic (exact) mass is 561 g/mol. The summed E-state index contributed by atoms with van der Waals surface area (Å²) in [6.07, 6.45) is 0. The summed E-state index contributed by atoms with van der Waals surface area (Å²) in [5.41, 5.74) is 7.60. The lowest BCUT2D eigenvalue weighted by molar-refractivity contribution is 0.673. The molecule has 0 aliphatic rings. The van der Waals surface area contributed by atoms with E-state index in [1.165, 1.54) is 0 Å². The summed E-state index contributed by atoms with van der Waals surface area (Å²) in [6.45, 7) is 0. The summed E-state index contributed by atoms with van der Waals surface area (Å²) < 4.78 is 8.88. The van der Waals surface area contributed by atoms with Gasteiger partial charge in [0.1, 0.15) is 16.9 Å². The Morgan fingerprint density at radius 2 is 1.20 bits per heavy atom. The molecule has 3 aromatic heterocycles. The van der Waals surface area contributed by atoms with Crippen molar-refractivity contribution >= 4 is 76.3 Å². The number of benzene rings is 7. The minimum Gasteiger partial charge on any atom is -0.455 e. The molecule has 0 spiro atoms. The molecule has 204 valence electrons. The Bertz CT molecular complexity index is 2770. The van der Waals surface area contributed by atoms with Gasteiger partial charge in [-0.1, -0.05) is 109 Å². The molecule has 0 amide bonds. The SMILES string of the molecule is c1ccc(-c2nc3c(ccc4ccccc43)nc2-n2c3ccccc3c3c4c(ccc5c6ccccc6oc54)ccc32)cc1. The first-order valence-electron chi connectivity index (χ1n) is 14.8. The lowest BCUT2D eigenvalue weighted by Gasteiger charge is -2.14. The summed E-state index contributed by atoms with van der Waals surface area (Å²) in [7, 11) is 0. The Balaban J connectivity index is 1.40. The highest BCUT2D eigenvalue weighted by atomic mass is 16.3. The Kier molecular flexibility index (Phi) is 4.69. The topological polar surface area (TPSA) is 43.9 Å². The predicted octanol–water partition coefficient (Wildman–Crippen LogP) is 10.6. The van der Waals surface area contributed by atoms with E-state index < -0.39 is 0 Å². The van der Waals surface area contributed by atoms with Gasteiger partial charge in [0.2, 0.25) is 0 Å². The molecule has 4 nitrogen and oxygen atoms in total. The van der Waals surface area contributed by atoms with Crippen LogP contribution in [0.1, 0.15) is 0 Å². The van der Waals surface area contributed by atoms with Crippen molar-refractivity contribution in [2.45, 2.75) is 0 Å². The van der Waals surface area contributed by atoms with Crippen molar-refractivity contribution in [3.63, 3.8) is 0 Å². The Hall–Kier alpha value is -6.00. The maximum atomic E-state index is 6.59. The van der Waals surface area contributed by atoms with Crippen molar-refractivity contribution in [3.8, 4) is 17.1 Å². The number of hydrogen-bond donors (Lipinski definition) is 0. The van der Waals surface area contributed by atoms with E-state index in [1.54, 1.807) is 0 Å². The fraction of sp³-hybridized carbons (Fsp3) is 0. The molecule has 0 radical (unpaired) electrons. The van der Waals surface area contributed by atoms with Gasteiger partial charge < -0.3 is 4.42 Å². The molecule has 10 rings (SSSR count). The van der Waals surface area contributed by atoms with Crippen molar-refractivity contribution < 1.29 is 4.42 Å². The first-order chi connectivity index (χ1) is 21.8. The standard InChI is InChI=1S/C40H23N3O/c1-2-11-26(12-3-1)37-40(41-31-22-19-24-10-4-5-13-27(24)38(31)42-37)43-32-16-8-6-15-30(32)36-33(43)23-20-25-18-21-29-28-14-7-9-17-34(28)44-39(29)35(25)36/h1-23H. The Morgan fingerprint density at radius 1 is 0.477 bits per heavy atom. The first kappa shape index (κ1) is 23.6. The molecule has 0 saturated carbocycles. The third kappa shape index (κ3) is 3.17. The van der Waals surface area contributed by atoms with E-state index in [0.29, 0.717) is 0 Å². The molecule has 0 saturated heterocycles. The average molecular weight is 562 g/mol. The van der Waals surface area contributed by atoms with Crippen LogP contribution in [-0.2, 0) is 0 Å². The molecule has 44 heavy (non-hydrogen) atoms. The molecule has 0 N–H and O–H groups in total. The molecule has 0 fully saturated rings. The van der Waals surface area contributed by atoms with Gasteiger partial charge in [-0.05, 0) is 41.1 Å². The van der Waals surface area contributed by atoms with E-state index in [1.807, 2.05) is 18.2 Å². The summed E-state index contributed by atoms with van der Waals surface area (Å²) in [6, 6.07) is 48.7. The van der Waals surface area contributed by atoms with Crippen LogP contribution < -0.4 is 0 Å². The quantitative estimate of drug-likeness (QED) is 0.197. The van der Waals surface area contributed by atoms with Gasteiger partial charge in [-0.25, -0.2) is 9.97 Å². The fourth-order valence-corrected chi connectivity index (χ4v) is 7.00. The summed E-state index contributed by atoms with van der Waals surface area (Å²) >= 11 is 0. The molecule has 0 atom stereocenters. The van der Waals surface area contributed by atoms with Crippen LogP contribution in [-0.4, -0.2) is 14.5 Å². The molecular formula is C40H23N3O. The van der Waals surface area contributed by atoms with Gasteiger partial charge in [0.25, 0.3) is 0 Å². The van der Waals surface area contributed by atoms with Crippen LogP contribution in [0, 0.1) is 0 Å². The minimum atomic E-state index is 0.807. The van der Waals surface area contributed by atoms with E-state index in [4.69, 9.17) is 14.4 Å². The number of nitrogens with zero attached hydrogens (tertiary/aromatic N) is 3. The molecule has 3 heterocycles. The van der Waals surface area contributed by atoms with Gasteiger partial charge in [0.05, 0.1) is 22.1 Å². The van der Waals surface area contributed by atoms with Crippen LogP contribution >= 0.6 is 0 Å². The van der Waals surface area contributed by atoms with E-state index >= 15 is 0 Å². The van der Waals surface area contributed by atoms with Crippen LogP contribution in [0.2, 0.25) is 0 Å². The minimum absolute atomic E-state index is 0.807. The summed E-state index contributed by atoms with van der Waals surface area (Å²) in [4.78, 5) is 10.8. The number of hydrogen-bond acceptors (Lipinski definition) is 3. The third-order valence-corrected chi connectivity index (χ3v) is 8.96. The van der Waals surface area contributed by atoms with Gasteiger partial charge in [-0.3, -0.25) is 4.57 Å². The molecule has 0 unspecified atom stereocenters. The second-order valence-corrected chi connectivity index (χ2v) is 11.4. The lowest BCUT2D eigenvalue weighted by atomic mass is 10.0. The van der Waals surface area contributed by atoms with E-state index in [2.05, 4.69) is 126 Å². The molecule has 0 bridgehead atoms. The highest BCUT2D eigenvalue weighted by molar-refractivity contribution is 6.29. The zero-order valence-corrected chi connectivity index (χ0v) is 23.5. The van der Waals surface area contributed by atoms with Crippen molar-refractivity contribution in [2.24, 2.45) is 0 Å². The van der Waals surface area contributed by atoms with Gasteiger partial charge in [-0.2, -0.15) is 0 Å². The zero-order chi connectivity index (χ0) is 28.8. The molecule has 7 aromatic carbocycles. The third-order valence-electron chi connectivity index (χ3n) is 8.96. The smallest absolute Gasteiger partial charge is 0.165 e. The highest BCUT2D eigenvalue weighted by Gasteiger charge is 2.22. The van der Waals surface area contributed by atoms with E-state index in [9.17, 15) is 0 Å². The van der Waals surface area contributed by atoms with Crippen molar-refractivity contribution in [3.05, 3.63) is 140 Å². The van der Waals surface area contributed by atoms with Crippen molar-refractivity contribution in [2.75, 3.05) is 0 Å². The molecular weight excluding hydrogens is 538 g/mol. The second kappa shape index (κ2) is 8.76. The zero-order valence-electron chi connectivity index (χ0n) is 23.5. The number of para-hydroxylation sites is 2. The highest BCUT2D eigenvalue weighted by Crippen LogP contribution is 2.43. The molecule has 4 heteroatoms. The van der Waals surface area contributed by atoms with E-state index in [-0.39, 0.29) is 0 Å². The van der Waals surface area contributed by atoms with Crippen LogP contribution in [0.3, 0.4) is 0 Å². The second-order valence-electron chi connectivity index (χ2n) is 11.4. The van der Waals surface area contributed by atoms with Gasteiger partial charge in [0.15, 0.2) is 5.82 Å². The molecule has 10 aromatic rings. The van der Waals surface area contributed by atoms with Crippen LogP contribution in [0.4, 0.5) is 0 Å². The molecule has 0 aliphatic heterocycles. The average Bonchev–Trinajstić information content (AvgIpc) is 3.64. The Morgan fingerprint density at radius 3 is 2.11 bits per heavy atom. The van der Waals surface area contributed by atoms with Crippen LogP contribution in [0.25, 0.3) is 93.4 Å². The normalized spacial score (nSPS) is 12.1. The molecule has 0 aliphatic carbocycles. The van der Waals surface area contributed by atoms with E-state index in [0.717, 1.165) is 93.4 Å².